The van der Waals surface area contributed by atoms with Gasteiger partial charge in [0.25, 0.3) is 0 Å². The van der Waals surface area contributed by atoms with Crippen molar-refractivity contribution in [2.24, 2.45) is 0 Å². The molecule has 0 bridgehead atoms. The van der Waals surface area contributed by atoms with Crippen LogP contribution < -0.4 is 5.73 Å². The molecule has 0 fully saturated rings. The molecule has 1 aromatic carbocycles. The molecular formula is C11H17N. The van der Waals surface area contributed by atoms with Crippen LogP contribution >= 0.6 is 0 Å². The average Bonchev–Trinajstić information content (AvgIpc) is 2.13. The summed E-state index contributed by atoms with van der Waals surface area (Å²) in [5.74, 6) is 0. The van der Waals surface area contributed by atoms with Crippen molar-refractivity contribution in [2.75, 3.05) is 5.73 Å². The van der Waals surface area contributed by atoms with Crippen LogP contribution in [0.4, 0.5) is 5.69 Å². The van der Waals surface area contributed by atoms with E-state index in [0.717, 1.165) is 11.3 Å². The quantitative estimate of drug-likeness (QED) is 0.632. The Morgan fingerprint density at radius 1 is 1.33 bits per heavy atom. The lowest BCUT2D eigenvalue weighted by atomic mass is 10.1. The topological polar surface area (TPSA) is 26.0 Å². The molecule has 1 rings (SSSR count). The zero-order valence-corrected chi connectivity index (χ0v) is 8.09. The Morgan fingerprint density at radius 2 is 1.92 bits per heavy atom. The van der Waals surface area contributed by atoms with E-state index in [0.29, 0.717) is 0 Å². The highest BCUT2D eigenvalue weighted by molar-refractivity contribution is 5.57. The van der Waals surface area contributed by atoms with Gasteiger partial charge < -0.3 is 5.73 Å². The summed E-state index contributed by atoms with van der Waals surface area (Å²) in [7, 11) is 0. The van der Waals surface area contributed by atoms with Gasteiger partial charge in [0.15, 0.2) is 0 Å². The van der Waals surface area contributed by atoms with E-state index in [-0.39, 0.29) is 0 Å². The number of hydrogen-bond acceptors (Lipinski definition) is 1. The van der Waals surface area contributed by atoms with Gasteiger partial charge in [-0.05, 0) is 30.2 Å². The third kappa shape index (κ3) is 2.79. The first-order chi connectivity index (χ1) is 5.74. The highest BCUT2D eigenvalue weighted by Crippen LogP contribution is 2.12. The molecule has 0 heterocycles. The van der Waals surface area contributed by atoms with Gasteiger partial charge in [-0.2, -0.15) is 0 Å². The second kappa shape index (κ2) is 5.42. The molecule has 0 amide bonds. The maximum Gasteiger partial charge on any atom is 0.0320 e. The molecule has 0 spiro atoms. The first-order valence-electron chi connectivity index (χ1n) is 4.22. The van der Waals surface area contributed by atoms with Crippen LogP contribution in [0.2, 0.25) is 0 Å². The molecule has 0 aromatic heterocycles. The normalized spacial score (nSPS) is 8.25. The van der Waals surface area contributed by atoms with Gasteiger partial charge >= 0.3 is 0 Å². The van der Waals surface area contributed by atoms with Gasteiger partial charge in [0.05, 0.1) is 0 Å². The Bertz CT molecular complexity index is 251. The maximum atomic E-state index is 5.56. The van der Waals surface area contributed by atoms with Crippen molar-refractivity contribution >= 4 is 11.8 Å². The summed E-state index contributed by atoms with van der Waals surface area (Å²) in [5.41, 5.74) is 8.67. The molecular weight excluding hydrogens is 146 g/mol. The molecule has 0 saturated carbocycles. The number of benzene rings is 1. The second-order valence-electron chi connectivity index (χ2n) is 2.32. The number of aryl methyl sites for hydroxylation is 1. The SMILES string of the molecule is C=Cc1cc(N)ccc1C.CC. The number of nitrogens with two attached hydrogens (primary N) is 1. The van der Waals surface area contributed by atoms with Crippen LogP contribution in [-0.4, -0.2) is 0 Å². The number of nitrogen functional groups attached to an aromatic ring is 1. The predicted molar refractivity (Wildman–Crippen MR) is 57.0 cm³/mol. The summed E-state index contributed by atoms with van der Waals surface area (Å²) in [6.07, 6.45) is 1.81. The molecule has 2 N–H and O–H groups in total. The van der Waals surface area contributed by atoms with Crippen molar-refractivity contribution in [3.63, 3.8) is 0 Å². The maximum absolute atomic E-state index is 5.56. The van der Waals surface area contributed by atoms with Crippen molar-refractivity contribution in [2.45, 2.75) is 20.8 Å². The van der Waals surface area contributed by atoms with E-state index in [1.165, 1.54) is 5.56 Å². The smallest absolute Gasteiger partial charge is 0.0320 e. The van der Waals surface area contributed by atoms with Crippen molar-refractivity contribution < 1.29 is 0 Å². The third-order valence-corrected chi connectivity index (χ3v) is 1.52. The van der Waals surface area contributed by atoms with Gasteiger partial charge in [0.2, 0.25) is 0 Å². The zero-order valence-electron chi connectivity index (χ0n) is 8.09. The van der Waals surface area contributed by atoms with Crippen molar-refractivity contribution in [1.29, 1.82) is 0 Å². The first kappa shape index (κ1) is 10.8. The molecule has 0 aliphatic carbocycles. The fourth-order valence-electron chi connectivity index (χ4n) is 0.879. The van der Waals surface area contributed by atoms with Gasteiger partial charge in [-0.1, -0.05) is 32.6 Å². The molecule has 66 valence electrons. The Labute approximate surface area is 74.9 Å². The molecule has 0 aliphatic rings. The van der Waals surface area contributed by atoms with Crippen LogP contribution in [0.5, 0.6) is 0 Å². The molecule has 1 heteroatoms. The minimum absolute atomic E-state index is 0.792. The summed E-state index contributed by atoms with van der Waals surface area (Å²) in [6, 6.07) is 5.80. The standard InChI is InChI=1S/C9H11N.C2H6/c1-3-8-6-9(10)5-4-7(8)2;1-2/h3-6H,1,10H2,2H3;1-2H3. The van der Waals surface area contributed by atoms with Crippen LogP contribution in [-0.2, 0) is 0 Å². The van der Waals surface area contributed by atoms with Gasteiger partial charge in [-0.15, -0.1) is 0 Å². The van der Waals surface area contributed by atoms with Crippen LogP contribution in [0, 0.1) is 6.92 Å². The molecule has 0 saturated heterocycles. The summed E-state index contributed by atoms with van der Waals surface area (Å²) < 4.78 is 0. The van der Waals surface area contributed by atoms with Crippen LogP contribution in [0.15, 0.2) is 24.8 Å². The molecule has 0 radical (unpaired) electrons. The molecule has 0 unspecified atom stereocenters. The van der Waals surface area contributed by atoms with Crippen LogP contribution in [0.25, 0.3) is 6.08 Å². The Morgan fingerprint density at radius 3 is 2.33 bits per heavy atom. The largest absolute Gasteiger partial charge is 0.399 e. The molecule has 1 aromatic rings. The molecule has 12 heavy (non-hydrogen) atoms. The number of rotatable bonds is 1. The minimum atomic E-state index is 0.792. The lowest BCUT2D eigenvalue weighted by molar-refractivity contribution is 1.45. The number of hydrogen-bond donors (Lipinski definition) is 1. The lowest BCUT2D eigenvalue weighted by Crippen LogP contribution is -1.86. The highest BCUT2D eigenvalue weighted by Gasteiger charge is 1.91. The van der Waals surface area contributed by atoms with Gasteiger partial charge in [-0.3, -0.25) is 0 Å². The third-order valence-electron chi connectivity index (χ3n) is 1.52. The number of anilines is 1. The second-order valence-corrected chi connectivity index (χ2v) is 2.32. The van der Waals surface area contributed by atoms with E-state index in [4.69, 9.17) is 5.73 Å². The fourth-order valence-corrected chi connectivity index (χ4v) is 0.879. The first-order valence-corrected chi connectivity index (χ1v) is 4.22. The van der Waals surface area contributed by atoms with Crippen molar-refractivity contribution in [3.05, 3.63) is 35.9 Å². The predicted octanol–water partition coefficient (Wildman–Crippen LogP) is 3.25. The Hall–Kier alpha value is -1.24. The van der Waals surface area contributed by atoms with E-state index in [1.54, 1.807) is 0 Å². The van der Waals surface area contributed by atoms with Crippen LogP contribution in [0.3, 0.4) is 0 Å². The molecule has 0 atom stereocenters. The summed E-state index contributed by atoms with van der Waals surface area (Å²) >= 11 is 0. The lowest BCUT2D eigenvalue weighted by Gasteiger charge is -1.99. The van der Waals surface area contributed by atoms with Gasteiger partial charge in [0, 0.05) is 5.69 Å². The van der Waals surface area contributed by atoms with E-state index in [1.807, 2.05) is 45.0 Å². The average molecular weight is 163 g/mol. The Kier molecular flexibility index (Phi) is 4.86. The highest BCUT2D eigenvalue weighted by atomic mass is 14.5. The summed E-state index contributed by atoms with van der Waals surface area (Å²) in [6.45, 7) is 9.72. The van der Waals surface area contributed by atoms with Crippen molar-refractivity contribution in [3.8, 4) is 0 Å². The minimum Gasteiger partial charge on any atom is -0.399 e. The van der Waals surface area contributed by atoms with Crippen molar-refractivity contribution in [1.82, 2.24) is 0 Å². The van der Waals surface area contributed by atoms with E-state index >= 15 is 0 Å². The van der Waals surface area contributed by atoms with E-state index in [9.17, 15) is 0 Å². The summed E-state index contributed by atoms with van der Waals surface area (Å²) in [5, 5.41) is 0. The van der Waals surface area contributed by atoms with Crippen LogP contribution in [0.1, 0.15) is 25.0 Å². The van der Waals surface area contributed by atoms with Gasteiger partial charge in [-0.25, -0.2) is 0 Å². The molecule has 1 nitrogen and oxygen atoms in total. The van der Waals surface area contributed by atoms with E-state index in [2.05, 4.69) is 6.58 Å². The molecule has 0 aliphatic heterocycles. The fraction of sp³-hybridized carbons (Fsp3) is 0.273. The van der Waals surface area contributed by atoms with E-state index < -0.39 is 0 Å². The monoisotopic (exact) mass is 163 g/mol. The summed E-state index contributed by atoms with van der Waals surface area (Å²) in [4.78, 5) is 0. The zero-order chi connectivity index (χ0) is 9.56. The van der Waals surface area contributed by atoms with Gasteiger partial charge in [0.1, 0.15) is 0 Å². The Balaban J connectivity index is 0.000000561.